The molecule has 0 radical (unpaired) electrons. The van der Waals surface area contributed by atoms with Crippen molar-refractivity contribution in [1.29, 1.82) is 0 Å². The maximum Gasteiger partial charge on any atom is 0.238 e. The summed E-state index contributed by atoms with van der Waals surface area (Å²) in [6.45, 7) is 6.05. The molecule has 0 atom stereocenters. The Balaban J connectivity index is 1.55. The molecule has 2 fully saturated rings. The summed E-state index contributed by atoms with van der Waals surface area (Å²) < 4.78 is 0.963. The van der Waals surface area contributed by atoms with Crippen molar-refractivity contribution in [2.24, 2.45) is 5.41 Å². The van der Waals surface area contributed by atoms with E-state index in [-0.39, 0.29) is 11.8 Å². The van der Waals surface area contributed by atoms with Crippen molar-refractivity contribution in [2.75, 3.05) is 13.1 Å². The molecule has 0 N–H and O–H groups in total. The molecular weight excluding hydrogens is 451 g/mol. The Morgan fingerprint density at radius 2 is 1.28 bits per heavy atom. The standard InChI is InChI=1S/C19H22Cl2N4O2S2/c1-11-13(28-17(20)22-11)9-24-7-3-5-19(15(24)26)6-4-8-25(16(19)27)10-14-12(2)23-18(21)29-14/h3-10H2,1-2H3. The SMILES string of the molecule is Cc1nc(Cl)sc1CN1CCCC2(CCCN(Cc3sc(Cl)nc3C)C2=O)C1=O. The molecule has 2 amide bonds. The van der Waals surface area contributed by atoms with E-state index in [2.05, 4.69) is 9.97 Å². The molecule has 0 bridgehead atoms. The lowest BCUT2D eigenvalue weighted by Crippen LogP contribution is -2.59. The number of hydrogen-bond donors (Lipinski definition) is 0. The predicted molar refractivity (Wildman–Crippen MR) is 115 cm³/mol. The molecule has 0 unspecified atom stereocenters. The Kier molecular flexibility index (Phi) is 5.90. The number of likely N-dealkylation sites (tertiary alicyclic amines) is 2. The van der Waals surface area contributed by atoms with Crippen molar-refractivity contribution >= 4 is 57.7 Å². The number of halogens is 2. The molecule has 6 nitrogen and oxygen atoms in total. The first-order valence-electron chi connectivity index (χ1n) is 9.62. The van der Waals surface area contributed by atoms with Crippen LogP contribution in [0.5, 0.6) is 0 Å². The van der Waals surface area contributed by atoms with Crippen molar-refractivity contribution in [1.82, 2.24) is 19.8 Å². The van der Waals surface area contributed by atoms with Crippen LogP contribution in [0.3, 0.4) is 0 Å². The number of amides is 2. The first-order valence-corrected chi connectivity index (χ1v) is 12.0. The molecule has 29 heavy (non-hydrogen) atoms. The molecule has 10 heteroatoms. The van der Waals surface area contributed by atoms with Gasteiger partial charge in [-0.25, -0.2) is 9.97 Å². The second-order valence-corrected chi connectivity index (χ2v) is 11.0. The van der Waals surface area contributed by atoms with Crippen LogP contribution in [0, 0.1) is 19.3 Å². The van der Waals surface area contributed by atoms with E-state index in [0.29, 0.717) is 48.0 Å². The van der Waals surface area contributed by atoms with Gasteiger partial charge in [-0.1, -0.05) is 23.2 Å². The minimum Gasteiger partial charge on any atom is -0.337 e. The zero-order chi connectivity index (χ0) is 20.8. The van der Waals surface area contributed by atoms with Gasteiger partial charge in [0, 0.05) is 22.8 Å². The highest BCUT2D eigenvalue weighted by molar-refractivity contribution is 7.16. The van der Waals surface area contributed by atoms with E-state index in [9.17, 15) is 9.59 Å². The highest BCUT2D eigenvalue weighted by Crippen LogP contribution is 2.42. The number of carbonyl (C=O) groups is 2. The van der Waals surface area contributed by atoms with Gasteiger partial charge in [-0.2, -0.15) is 0 Å². The van der Waals surface area contributed by atoms with Crippen molar-refractivity contribution in [3.63, 3.8) is 0 Å². The van der Waals surface area contributed by atoms with Crippen LogP contribution in [0.4, 0.5) is 0 Å². The quantitative estimate of drug-likeness (QED) is 0.616. The molecule has 2 aliphatic heterocycles. The fraction of sp³-hybridized carbons (Fsp3) is 0.579. The molecule has 156 valence electrons. The molecular formula is C19H22Cl2N4O2S2. The van der Waals surface area contributed by atoms with Gasteiger partial charge >= 0.3 is 0 Å². The normalized spacial score (nSPS) is 19.4. The molecule has 2 aromatic rings. The van der Waals surface area contributed by atoms with Gasteiger partial charge in [0.15, 0.2) is 8.93 Å². The number of thiazole rings is 2. The molecule has 2 aliphatic rings. The van der Waals surface area contributed by atoms with E-state index in [1.807, 2.05) is 23.6 Å². The van der Waals surface area contributed by atoms with Gasteiger partial charge in [0.25, 0.3) is 0 Å². The molecule has 0 aromatic carbocycles. The largest absolute Gasteiger partial charge is 0.337 e. The maximum atomic E-state index is 13.5. The average Bonchev–Trinajstić information content (AvgIpc) is 3.15. The van der Waals surface area contributed by atoms with Crippen LogP contribution in [-0.4, -0.2) is 44.7 Å². The van der Waals surface area contributed by atoms with Gasteiger partial charge < -0.3 is 9.80 Å². The molecule has 1 spiro atoms. The first kappa shape index (κ1) is 21.0. The highest BCUT2D eigenvalue weighted by Gasteiger charge is 2.53. The average molecular weight is 473 g/mol. The molecule has 4 heterocycles. The number of aromatic nitrogens is 2. The number of nitrogens with zero attached hydrogens (tertiary/aromatic N) is 4. The summed E-state index contributed by atoms with van der Waals surface area (Å²) in [5.41, 5.74) is 0.754. The van der Waals surface area contributed by atoms with E-state index in [4.69, 9.17) is 23.2 Å². The summed E-state index contributed by atoms with van der Waals surface area (Å²) in [4.78, 5) is 41.1. The lowest BCUT2D eigenvalue weighted by Gasteiger charge is -2.45. The Morgan fingerprint density at radius 1 is 0.862 bits per heavy atom. The number of carbonyl (C=O) groups excluding carboxylic acids is 2. The minimum atomic E-state index is -0.943. The van der Waals surface area contributed by atoms with E-state index < -0.39 is 5.41 Å². The number of hydrogen-bond acceptors (Lipinski definition) is 6. The third-order valence-electron chi connectivity index (χ3n) is 5.86. The maximum absolute atomic E-state index is 13.5. The second-order valence-electron chi connectivity index (χ2n) is 7.69. The number of piperidine rings is 2. The first-order chi connectivity index (χ1) is 13.8. The summed E-state index contributed by atoms with van der Waals surface area (Å²) in [6.07, 6.45) is 2.87. The lowest BCUT2D eigenvalue weighted by atomic mass is 9.72. The van der Waals surface area contributed by atoms with Crippen LogP contribution in [0.1, 0.15) is 46.8 Å². The van der Waals surface area contributed by atoms with E-state index in [1.54, 1.807) is 0 Å². The Morgan fingerprint density at radius 3 is 1.62 bits per heavy atom. The number of rotatable bonds is 4. The van der Waals surface area contributed by atoms with Gasteiger partial charge in [-0.3, -0.25) is 9.59 Å². The van der Waals surface area contributed by atoms with Gasteiger partial charge in [0.2, 0.25) is 11.8 Å². The van der Waals surface area contributed by atoms with Crippen LogP contribution in [0.25, 0.3) is 0 Å². The topological polar surface area (TPSA) is 66.4 Å². The minimum absolute atomic E-state index is 0.0542. The van der Waals surface area contributed by atoms with Crippen molar-refractivity contribution in [3.05, 3.63) is 30.1 Å². The summed E-state index contributed by atoms with van der Waals surface area (Å²) in [6, 6.07) is 0. The van der Waals surface area contributed by atoms with Gasteiger partial charge in [0.05, 0.1) is 24.5 Å². The summed E-state index contributed by atoms with van der Waals surface area (Å²) in [7, 11) is 0. The third kappa shape index (κ3) is 3.92. The second kappa shape index (κ2) is 8.13. The van der Waals surface area contributed by atoms with Gasteiger partial charge in [-0.15, -0.1) is 22.7 Å². The van der Waals surface area contributed by atoms with Crippen LogP contribution >= 0.6 is 45.9 Å². The van der Waals surface area contributed by atoms with E-state index in [0.717, 1.165) is 34.0 Å². The molecule has 2 saturated heterocycles. The van der Waals surface area contributed by atoms with Crippen molar-refractivity contribution in [3.8, 4) is 0 Å². The van der Waals surface area contributed by atoms with Crippen LogP contribution < -0.4 is 0 Å². The van der Waals surface area contributed by atoms with E-state index in [1.165, 1.54) is 22.7 Å². The zero-order valence-corrected chi connectivity index (χ0v) is 19.5. The van der Waals surface area contributed by atoms with E-state index >= 15 is 0 Å². The summed E-state index contributed by atoms with van der Waals surface area (Å²) in [5, 5.41) is 0. The molecule has 0 saturated carbocycles. The molecule has 2 aromatic heterocycles. The molecule has 0 aliphatic carbocycles. The molecule has 4 rings (SSSR count). The Hall–Kier alpha value is -1.22. The zero-order valence-electron chi connectivity index (χ0n) is 16.3. The lowest BCUT2D eigenvalue weighted by molar-refractivity contribution is -0.165. The van der Waals surface area contributed by atoms with Crippen LogP contribution in [0.15, 0.2) is 0 Å². The van der Waals surface area contributed by atoms with Gasteiger partial charge in [-0.05, 0) is 39.5 Å². The fourth-order valence-corrected chi connectivity index (χ4v) is 6.73. The summed E-state index contributed by atoms with van der Waals surface area (Å²) >= 11 is 14.8. The Labute approximate surface area is 187 Å². The summed E-state index contributed by atoms with van der Waals surface area (Å²) in [5.74, 6) is -0.108. The van der Waals surface area contributed by atoms with Crippen molar-refractivity contribution < 1.29 is 9.59 Å². The predicted octanol–water partition coefficient (Wildman–Crippen LogP) is 4.45. The number of aryl methyl sites for hydroxylation is 2. The van der Waals surface area contributed by atoms with Gasteiger partial charge in [0.1, 0.15) is 5.41 Å². The van der Waals surface area contributed by atoms with Crippen LogP contribution in [-0.2, 0) is 22.7 Å². The fourth-order valence-electron chi connectivity index (χ4n) is 4.32. The smallest absolute Gasteiger partial charge is 0.238 e. The Bertz CT molecular complexity index is 882. The van der Waals surface area contributed by atoms with Crippen molar-refractivity contribution in [2.45, 2.75) is 52.6 Å². The van der Waals surface area contributed by atoms with Crippen LogP contribution in [0.2, 0.25) is 8.93 Å². The third-order valence-corrected chi connectivity index (χ3v) is 8.35. The highest BCUT2D eigenvalue weighted by atomic mass is 35.5. The monoisotopic (exact) mass is 472 g/mol.